The number of benzene rings is 1. The lowest BCUT2D eigenvalue weighted by Gasteiger charge is -2.21. The second kappa shape index (κ2) is 3.07. The van der Waals surface area contributed by atoms with E-state index in [9.17, 15) is 0 Å². The van der Waals surface area contributed by atoms with Crippen molar-refractivity contribution in [3.05, 3.63) is 35.4 Å². The van der Waals surface area contributed by atoms with Gasteiger partial charge in [-0.15, -0.1) is 0 Å². The topological polar surface area (TPSA) is 24.6 Å². The maximum Gasteiger partial charge on any atom is 0.0966 e. The lowest BCUT2D eigenvalue weighted by Crippen LogP contribution is -2.32. The van der Waals surface area contributed by atoms with Crippen molar-refractivity contribution in [1.82, 2.24) is 5.32 Å². The molecule has 3 unspecified atom stereocenters. The molecule has 0 aliphatic carbocycles. The molecular weight excluding hydrogens is 174 g/mol. The Morgan fingerprint density at radius 3 is 2.71 bits per heavy atom. The van der Waals surface area contributed by atoms with Crippen molar-refractivity contribution < 1.29 is 4.74 Å². The van der Waals surface area contributed by atoms with Gasteiger partial charge >= 0.3 is 0 Å². The highest BCUT2D eigenvalue weighted by molar-refractivity contribution is 5.25. The van der Waals surface area contributed by atoms with Crippen LogP contribution in [0.3, 0.4) is 0 Å². The van der Waals surface area contributed by atoms with Crippen LogP contribution in [-0.2, 0) is 4.74 Å². The highest BCUT2D eigenvalue weighted by Gasteiger charge is 2.43. The van der Waals surface area contributed by atoms with Gasteiger partial charge in [0, 0.05) is 12.6 Å². The van der Waals surface area contributed by atoms with Crippen LogP contribution in [0.5, 0.6) is 0 Å². The Kier molecular flexibility index (Phi) is 1.85. The molecule has 0 saturated carbocycles. The molecule has 2 heterocycles. The molecule has 3 rings (SSSR count). The fourth-order valence-electron chi connectivity index (χ4n) is 2.19. The fraction of sp³-hybridized carbons (Fsp3) is 0.500. The predicted octanol–water partition coefficient (Wildman–Crippen LogP) is 1.80. The molecular formula is C12H15NO. The SMILES string of the molecule is Cc1ccc(C2CC3OC3CN2)cc1. The first-order valence-electron chi connectivity index (χ1n) is 5.28. The van der Waals surface area contributed by atoms with Gasteiger partial charge in [-0.2, -0.15) is 0 Å². The monoisotopic (exact) mass is 189 g/mol. The Morgan fingerprint density at radius 1 is 1.21 bits per heavy atom. The van der Waals surface area contributed by atoms with Crippen molar-refractivity contribution >= 4 is 0 Å². The van der Waals surface area contributed by atoms with E-state index >= 15 is 0 Å². The Morgan fingerprint density at radius 2 is 2.00 bits per heavy atom. The minimum Gasteiger partial charge on any atom is -0.368 e. The lowest BCUT2D eigenvalue weighted by atomic mass is 9.97. The van der Waals surface area contributed by atoms with Crippen LogP contribution in [0.25, 0.3) is 0 Å². The van der Waals surface area contributed by atoms with Gasteiger partial charge in [-0.3, -0.25) is 0 Å². The molecule has 2 saturated heterocycles. The highest BCUT2D eigenvalue weighted by Crippen LogP contribution is 2.35. The molecule has 2 aliphatic heterocycles. The Balaban J connectivity index is 1.77. The summed E-state index contributed by atoms with van der Waals surface area (Å²) in [6.45, 7) is 3.14. The van der Waals surface area contributed by atoms with Gasteiger partial charge in [-0.25, -0.2) is 0 Å². The van der Waals surface area contributed by atoms with E-state index < -0.39 is 0 Å². The maximum atomic E-state index is 5.49. The van der Waals surface area contributed by atoms with Gasteiger partial charge in [-0.1, -0.05) is 29.8 Å². The van der Waals surface area contributed by atoms with Gasteiger partial charge in [-0.05, 0) is 18.9 Å². The van der Waals surface area contributed by atoms with Crippen LogP contribution >= 0.6 is 0 Å². The molecule has 2 aliphatic rings. The zero-order valence-electron chi connectivity index (χ0n) is 8.36. The van der Waals surface area contributed by atoms with Gasteiger partial charge in [0.15, 0.2) is 0 Å². The molecule has 1 N–H and O–H groups in total. The van der Waals surface area contributed by atoms with Crippen LogP contribution in [-0.4, -0.2) is 18.8 Å². The maximum absolute atomic E-state index is 5.49. The van der Waals surface area contributed by atoms with Crippen LogP contribution in [0.2, 0.25) is 0 Å². The number of fused-ring (bicyclic) bond motifs is 1. The van der Waals surface area contributed by atoms with Crippen molar-refractivity contribution in [2.45, 2.75) is 31.6 Å². The first-order chi connectivity index (χ1) is 6.83. The molecule has 1 aromatic carbocycles. The van der Waals surface area contributed by atoms with Crippen LogP contribution in [0.1, 0.15) is 23.6 Å². The summed E-state index contributed by atoms with van der Waals surface area (Å²) in [5.41, 5.74) is 2.72. The smallest absolute Gasteiger partial charge is 0.0966 e. The summed E-state index contributed by atoms with van der Waals surface area (Å²) < 4.78 is 5.49. The molecule has 2 fully saturated rings. The zero-order valence-corrected chi connectivity index (χ0v) is 8.36. The molecule has 74 valence electrons. The van der Waals surface area contributed by atoms with E-state index in [-0.39, 0.29) is 0 Å². The summed E-state index contributed by atoms with van der Waals surface area (Å²) in [6, 6.07) is 9.29. The number of piperidine rings is 1. The molecule has 0 aromatic heterocycles. The number of hydrogen-bond donors (Lipinski definition) is 1. The second-order valence-electron chi connectivity index (χ2n) is 4.32. The van der Waals surface area contributed by atoms with E-state index in [0.29, 0.717) is 18.2 Å². The van der Waals surface area contributed by atoms with E-state index in [1.165, 1.54) is 11.1 Å². The highest BCUT2D eigenvalue weighted by atomic mass is 16.6. The Bertz CT molecular complexity index is 333. The average Bonchev–Trinajstić information content (AvgIpc) is 2.96. The molecule has 3 atom stereocenters. The summed E-state index contributed by atoms with van der Waals surface area (Å²) in [7, 11) is 0. The third-order valence-corrected chi connectivity index (χ3v) is 3.20. The number of ether oxygens (including phenoxy) is 1. The summed E-state index contributed by atoms with van der Waals surface area (Å²) in [4.78, 5) is 0. The summed E-state index contributed by atoms with van der Waals surface area (Å²) in [6.07, 6.45) is 2.17. The van der Waals surface area contributed by atoms with Gasteiger partial charge in [0.1, 0.15) is 0 Å². The van der Waals surface area contributed by atoms with Crippen molar-refractivity contribution in [1.29, 1.82) is 0 Å². The fourth-order valence-corrected chi connectivity index (χ4v) is 2.19. The number of epoxide rings is 1. The molecule has 2 heteroatoms. The normalized spacial score (nSPS) is 35.1. The average molecular weight is 189 g/mol. The Hall–Kier alpha value is -0.860. The molecule has 0 amide bonds. The quantitative estimate of drug-likeness (QED) is 0.681. The number of aryl methyl sites for hydroxylation is 1. The van der Waals surface area contributed by atoms with Gasteiger partial charge < -0.3 is 10.1 Å². The summed E-state index contributed by atoms with van der Waals surface area (Å²) >= 11 is 0. The largest absolute Gasteiger partial charge is 0.368 e. The molecule has 0 radical (unpaired) electrons. The van der Waals surface area contributed by atoms with Gasteiger partial charge in [0.05, 0.1) is 12.2 Å². The van der Waals surface area contributed by atoms with Crippen LogP contribution in [0.15, 0.2) is 24.3 Å². The number of nitrogens with one attached hydrogen (secondary N) is 1. The van der Waals surface area contributed by atoms with E-state index in [4.69, 9.17) is 4.74 Å². The molecule has 2 nitrogen and oxygen atoms in total. The minimum atomic E-state index is 0.499. The van der Waals surface area contributed by atoms with Crippen molar-refractivity contribution in [2.24, 2.45) is 0 Å². The second-order valence-corrected chi connectivity index (χ2v) is 4.32. The first-order valence-corrected chi connectivity index (χ1v) is 5.28. The first kappa shape index (κ1) is 8.45. The van der Waals surface area contributed by atoms with Gasteiger partial charge in [0.2, 0.25) is 0 Å². The minimum absolute atomic E-state index is 0.499. The van der Waals surface area contributed by atoms with E-state index in [1.54, 1.807) is 0 Å². The third kappa shape index (κ3) is 1.45. The van der Waals surface area contributed by atoms with Crippen LogP contribution in [0.4, 0.5) is 0 Å². The number of rotatable bonds is 1. The van der Waals surface area contributed by atoms with E-state index in [1.807, 2.05) is 0 Å². The number of hydrogen-bond acceptors (Lipinski definition) is 2. The molecule has 0 bridgehead atoms. The standard InChI is InChI=1S/C12H15NO/c1-8-2-4-9(5-3-8)10-6-11-12(14-11)7-13-10/h2-5,10-13H,6-7H2,1H3. The summed E-state index contributed by atoms with van der Waals surface area (Å²) in [5.74, 6) is 0. The molecule has 1 aromatic rings. The van der Waals surface area contributed by atoms with Gasteiger partial charge in [0.25, 0.3) is 0 Å². The van der Waals surface area contributed by atoms with E-state index in [0.717, 1.165) is 13.0 Å². The zero-order chi connectivity index (χ0) is 9.54. The molecule has 14 heavy (non-hydrogen) atoms. The van der Waals surface area contributed by atoms with Crippen molar-refractivity contribution in [3.63, 3.8) is 0 Å². The Labute approximate surface area is 84.3 Å². The van der Waals surface area contributed by atoms with Crippen molar-refractivity contribution in [3.8, 4) is 0 Å². The lowest BCUT2D eigenvalue weighted by molar-refractivity contribution is 0.375. The predicted molar refractivity (Wildman–Crippen MR) is 55.2 cm³/mol. The van der Waals surface area contributed by atoms with Crippen LogP contribution < -0.4 is 5.32 Å². The third-order valence-electron chi connectivity index (χ3n) is 3.20. The summed E-state index contributed by atoms with van der Waals surface area (Å²) in [5, 5.41) is 3.52. The van der Waals surface area contributed by atoms with E-state index in [2.05, 4.69) is 36.5 Å². The van der Waals surface area contributed by atoms with Crippen molar-refractivity contribution in [2.75, 3.05) is 6.54 Å². The van der Waals surface area contributed by atoms with Crippen LogP contribution in [0, 0.1) is 6.92 Å². The molecule has 0 spiro atoms.